The van der Waals surface area contributed by atoms with E-state index in [1.54, 1.807) is 12.1 Å². The second-order valence-electron chi connectivity index (χ2n) is 2.84. The van der Waals surface area contributed by atoms with E-state index in [0.29, 0.717) is 5.56 Å². The van der Waals surface area contributed by atoms with Gasteiger partial charge >= 0.3 is 0 Å². The summed E-state index contributed by atoms with van der Waals surface area (Å²) in [5, 5.41) is 17.4. The highest BCUT2D eigenvalue weighted by atomic mass is 32.2. The van der Waals surface area contributed by atoms with Crippen molar-refractivity contribution in [2.75, 3.05) is 0 Å². The van der Waals surface area contributed by atoms with Gasteiger partial charge in [0.2, 0.25) is 0 Å². The molecule has 0 saturated heterocycles. The first-order valence-corrected chi connectivity index (χ1v) is 5.26. The van der Waals surface area contributed by atoms with Crippen LogP contribution in [-0.4, -0.2) is 13.0 Å². The SMILES string of the molecule is Cc1c(C#N)cc(S(=O)(=O)O)cc1C#N. The van der Waals surface area contributed by atoms with Gasteiger partial charge in [-0.05, 0) is 24.6 Å². The van der Waals surface area contributed by atoms with E-state index in [1.165, 1.54) is 6.92 Å². The Kier molecular flexibility index (Phi) is 2.76. The molecule has 1 aromatic carbocycles. The molecule has 0 aromatic heterocycles. The van der Waals surface area contributed by atoms with Crippen LogP contribution >= 0.6 is 0 Å². The zero-order valence-electron chi connectivity index (χ0n) is 7.72. The van der Waals surface area contributed by atoms with Crippen LogP contribution in [0.5, 0.6) is 0 Å². The lowest BCUT2D eigenvalue weighted by Crippen LogP contribution is -2.01. The third kappa shape index (κ3) is 2.13. The topological polar surface area (TPSA) is 102 Å². The molecule has 0 aliphatic carbocycles. The Balaban J connectivity index is 3.66. The van der Waals surface area contributed by atoms with Gasteiger partial charge in [0.05, 0.1) is 28.2 Å². The van der Waals surface area contributed by atoms with Crippen molar-refractivity contribution in [3.63, 3.8) is 0 Å². The largest absolute Gasteiger partial charge is 0.294 e. The highest BCUT2D eigenvalue weighted by molar-refractivity contribution is 7.85. The maximum absolute atomic E-state index is 10.8. The predicted octanol–water partition coefficient (Wildman–Crippen LogP) is 0.985. The zero-order valence-corrected chi connectivity index (χ0v) is 8.54. The van der Waals surface area contributed by atoms with Crippen LogP contribution in [0.2, 0.25) is 0 Å². The van der Waals surface area contributed by atoms with Gasteiger partial charge in [-0.1, -0.05) is 0 Å². The summed E-state index contributed by atoms with van der Waals surface area (Å²) in [6, 6.07) is 5.58. The molecule has 0 aliphatic heterocycles. The molecule has 6 heteroatoms. The molecule has 0 spiro atoms. The first kappa shape index (κ1) is 11.2. The number of hydrogen-bond donors (Lipinski definition) is 1. The maximum atomic E-state index is 10.8. The van der Waals surface area contributed by atoms with Gasteiger partial charge in [0.25, 0.3) is 10.1 Å². The van der Waals surface area contributed by atoms with E-state index in [0.717, 1.165) is 12.1 Å². The van der Waals surface area contributed by atoms with Crippen molar-refractivity contribution >= 4 is 10.1 Å². The fourth-order valence-electron chi connectivity index (χ4n) is 1.07. The van der Waals surface area contributed by atoms with Crippen molar-refractivity contribution in [3.8, 4) is 12.1 Å². The highest BCUT2D eigenvalue weighted by Gasteiger charge is 2.14. The Morgan fingerprint density at radius 2 is 1.60 bits per heavy atom. The Hall–Kier alpha value is -1.89. The van der Waals surface area contributed by atoms with Crippen molar-refractivity contribution in [3.05, 3.63) is 28.8 Å². The third-order valence-electron chi connectivity index (χ3n) is 1.92. The molecule has 0 amide bonds. The minimum absolute atomic E-state index is 0.0571. The molecule has 0 atom stereocenters. The quantitative estimate of drug-likeness (QED) is 0.713. The molecule has 0 bridgehead atoms. The van der Waals surface area contributed by atoms with Gasteiger partial charge in [0, 0.05) is 0 Å². The molecule has 0 radical (unpaired) electrons. The molecule has 0 unspecified atom stereocenters. The average molecular weight is 222 g/mol. The monoisotopic (exact) mass is 222 g/mol. The lowest BCUT2D eigenvalue weighted by molar-refractivity contribution is 0.483. The maximum Gasteiger partial charge on any atom is 0.294 e. The summed E-state index contributed by atoms with van der Waals surface area (Å²) >= 11 is 0. The number of hydrogen-bond acceptors (Lipinski definition) is 4. The Morgan fingerprint density at radius 3 is 1.87 bits per heavy atom. The lowest BCUT2D eigenvalue weighted by Gasteiger charge is -2.03. The van der Waals surface area contributed by atoms with Gasteiger partial charge in [-0.2, -0.15) is 18.9 Å². The average Bonchev–Trinajstić information content (AvgIpc) is 2.16. The zero-order chi connectivity index (χ0) is 11.6. The molecule has 0 fully saturated rings. The van der Waals surface area contributed by atoms with Gasteiger partial charge in [0.1, 0.15) is 0 Å². The Bertz CT molecular complexity index is 556. The van der Waals surface area contributed by atoms with Crippen LogP contribution in [0, 0.1) is 29.6 Å². The first-order chi connectivity index (χ1) is 6.90. The minimum Gasteiger partial charge on any atom is -0.282 e. The van der Waals surface area contributed by atoms with Crippen molar-refractivity contribution in [2.45, 2.75) is 11.8 Å². The van der Waals surface area contributed by atoms with Gasteiger partial charge < -0.3 is 0 Å². The van der Waals surface area contributed by atoms with Crippen LogP contribution in [0.15, 0.2) is 17.0 Å². The van der Waals surface area contributed by atoms with Crippen molar-refractivity contribution in [1.29, 1.82) is 10.5 Å². The second-order valence-corrected chi connectivity index (χ2v) is 4.26. The van der Waals surface area contributed by atoms with E-state index in [4.69, 9.17) is 15.1 Å². The van der Waals surface area contributed by atoms with E-state index >= 15 is 0 Å². The smallest absolute Gasteiger partial charge is 0.282 e. The summed E-state index contributed by atoms with van der Waals surface area (Å²) in [4.78, 5) is -0.443. The van der Waals surface area contributed by atoms with Crippen LogP contribution in [0.4, 0.5) is 0 Å². The molecule has 5 nitrogen and oxygen atoms in total. The summed E-state index contributed by atoms with van der Waals surface area (Å²) < 4.78 is 30.4. The summed E-state index contributed by atoms with van der Waals surface area (Å²) in [5.41, 5.74) is 0.510. The number of rotatable bonds is 1. The molecule has 0 aliphatic rings. The van der Waals surface area contributed by atoms with Crippen LogP contribution < -0.4 is 0 Å². The lowest BCUT2D eigenvalue weighted by atomic mass is 10.0. The number of benzene rings is 1. The summed E-state index contributed by atoms with van der Waals surface area (Å²) in [6.07, 6.45) is 0. The van der Waals surface area contributed by atoms with Gasteiger partial charge in [-0.3, -0.25) is 4.55 Å². The standard InChI is InChI=1S/C9H6N2O3S/c1-6-7(4-10)2-9(15(12,13)14)3-8(6)5-11/h2-3H,1H3,(H,12,13,14). The van der Waals surface area contributed by atoms with E-state index < -0.39 is 15.0 Å². The molecule has 15 heavy (non-hydrogen) atoms. The molecule has 76 valence electrons. The summed E-state index contributed by atoms with van der Waals surface area (Å²) in [5.74, 6) is 0. The molecule has 1 rings (SSSR count). The highest BCUT2D eigenvalue weighted by Crippen LogP contribution is 2.19. The van der Waals surface area contributed by atoms with E-state index in [2.05, 4.69) is 0 Å². The van der Waals surface area contributed by atoms with Gasteiger partial charge in [-0.15, -0.1) is 0 Å². The molecule has 1 N–H and O–H groups in total. The summed E-state index contributed by atoms with van der Waals surface area (Å²) in [6.45, 7) is 1.53. The fourth-order valence-corrected chi connectivity index (χ4v) is 1.60. The first-order valence-electron chi connectivity index (χ1n) is 3.82. The number of nitrogens with zero attached hydrogens (tertiary/aromatic N) is 2. The molecular weight excluding hydrogens is 216 g/mol. The van der Waals surface area contributed by atoms with Crippen molar-refractivity contribution < 1.29 is 13.0 Å². The predicted molar refractivity (Wildman–Crippen MR) is 50.4 cm³/mol. The van der Waals surface area contributed by atoms with Crippen LogP contribution in [0.1, 0.15) is 16.7 Å². The molecule has 1 aromatic rings. The molecule has 0 heterocycles. The molecular formula is C9H6N2O3S. The Labute approximate surface area is 86.9 Å². The van der Waals surface area contributed by atoms with Gasteiger partial charge in [0.15, 0.2) is 0 Å². The van der Waals surface area contributed by atoms with Gasteiger partial charge in [-0.25, -0.2) is 0 Å². The van der Waals surface area contributed by atoms with Crippen LogP contribution in [0.3, 0.4) is 0 Å². The van der Waals surface area contributed by atoms with Crippen molar-refractivity contribution in [1.82, 2.24) is 0 Å². The van der Waals surface area contributed by atoms with E-state index in [-0.39, 0.29) is 11.1 Å². The van der Waals surface area contributed by atoms with E-state index in [1.807, 2.05) is 0 Å². The van der Waals surface area contributed by atoms with Crippen LogP contribution in [0.25, 0.3) is 0 Å². The third-order valence-corrected chi connectivity index (χ3v) is 2.75. The van der Waals surface area contributed by atoms with E-state index in [9.17, 15) is 8.42 Å². The Morgan fingerprint density at radius 1 is 1.20 bits per heavy atom. The molecule has 0 saturated carbocycles. The normalized spacial score (nSPS) is 10.4. The van der Waals surface area contributed by atoms with Crippen LogP contribution in [-0.2, 0) is 10.1 Å². The summed E-state index contributed by atoms with van der Waals surface area (Å²) in [7, 11) is -4.39. The number of nitriles is 2. The fraction of sp³-hybridized carbons (Fsp3) is 0.111. The minimum atomic E-state index is -4.39. The second kappa shape index (κ2) is 3.70. The van der Waals surface area contributed by atoms with Crippen molar-refractivity contribution in [2.24, 2.45) is 0 Å².